The van der Waals surface area contributed by atoms with E-state index >= 15 is 0 Å². The lowest BCUT2D eigenvalue weighted by molar-refractivity contribution is 0.0949. The lowest BCUT2D eigenvalue weighted by Gasteiger charge is -2.18. The van der Waals surface area contributed by atoms with Crippen LogP contribution in [0, 0.1) is 12.3 Å². The van der Waals surface area contributed by atoms with Gasteiger partial charge in [0.15, 0.2) is 0 Å². The van der Waals surface area contributed by atoms with E-state index in [2.05, 4.69) is 26.1 Å². The van der Waals surface area contributed by atoms with Crippen LogP contribution in [0.1, 0.15) is 43.1 Å². The molecule has 0 aromatic heterocycles. The second-order valence-electron chi connectivity index (χ2n) is 5.43. The third-order valence-corrected chi connectivity index (χ3v) is 2.47. The van der Waals surface area contributed by atoms with Gasteiger partial charge < -0.3 is 5.32 Å². The Morgan fingerprint density at radius 2 is 1.75 bits per heavy atom. The number of carbonyl (C=O) groups is 1. The first-order valence-electron chi connectivity index (χ1n) is 5.73. The molecule has 2 heteroatoms. The second-order valence-corrected chi connectivity index (χ2v) is 5.43. The third-order valence-electron chi connectivity index (χ3n) is 2.47. The zero-order valence-electron chi connectivity index (χ0n) is 10.6. The first-order chi connectivity index (χ1) is 7.38. The van der Waals surface area contributed by atoms with Crippen LogP contribution >= 0.6 is 0 Å². The molecule has 1 rings (SSSR count). The van der Waals surface area contributed by atoms with E-state index in [-0.39, 0.29) is 11.3 Å². The van der Waals surface area contributed by atoms with Gasteiger partial charge in [-0.25, -0.2) is 0 Å². The standard InChI is InChI=1S/C14H21NO/c1-11-5-7-12(8-6-11)13(16)15-10-9-14(2,3)4/h5-8H,9-10H2,1-4H3,(H,15,16). The molecule has 0 spiro atoms. The van der Waals surface area contributed by atoms with Gasteiger partial charge in [0.25, 0.3) is 5.91 Å². The van der Waals surface area contributed by atoms with Gasteiger partial charge in [0.1, 0.15) is 0 Å². The summed E-state index contributed by atoms with van der Waals surface area (Å²) in [6, 6.07) is 7.64. The van der Waals surface area contributed by atoms with E-state index in [1.54, 1.807) is 0 Å². The maximum atomic E-state index is 11.7. The summed E-state index contributed by atoms with van der Waals surface area (Å²) in [5.41, 5.74) is 2.17. The molecule has 0 aliphatic carbocycles. The maximum Gasteiger partial charge on any atom is 0.251 e. The summed E-state index contributed by atoms with van der Waals surface area (Å²) < 4.78 is 0. The van der Waals surface area contributed by atoms with Gasteiger partial charge in [-0.15, -0.1) is 0 Å². The summed E-state index contributed by atoms with van der Waals surface area (Å²) in [5, 5.41) is 2.94. The van der Waals surface area contributed by atoms with Crippen molar-refractivity contribution in [3.8, 4) is 0 Å². The summed E-state index contributed by atoms with van der Waals surface area (Å²) in [6.45, 7) is 9.26. The van der Waals surface area contributed by atoms with E-state index < -0.39 is 0 Å². The van der Waals surface area contributed by atoms with E-state index in [1.165, 1.54) is 5.56 Å². The predicted octanol–water partition coefficient (Wildman–Crippen LogP) is 3.16. The molecular formula is C14H21NO. The Kier molecular flexibility index (Phi) is 4.11. The number of carbonyl (C=O) groups excluding carboxylic acids is 1. The lowest BCUT2D eigenvalue weighted by Crippen LogP contribution is -2.27. The molecule has 0 fully saturated rings. The third kappa shape index (κ3) is 4.47. The lowest BCUT2D eigenvalue weighted by atomic mass is 9.92. The Labute approximate surface area is 98.1 Å². The van der Waals surface area contributed by atoms with Crippen LogP contribution in [0.5, 0.6) is 0 Å². The van der Waals surface area contributed by atoms with Gasteiger partial charge in [-0.3, -0.25) is 4.79 Å². The molecule has 0 radical (unpaired) electrons. The largest absolute Gasteiger partial charge is 0.352 e. The van der Waals surface area contributed by atoms with Crippen LogP contribution < -0.4 is 5.32 Å². The first-order valence-corrected chi connectivity index (χ1v) is 5.73. The molecule has 0 saturated heterocycles. The van der Waals surface area contributed by atoms with Gasteiger partial charge in [-0.1, -0.05) is 38.5 Å². The minimum atomic E-state index is 0.0178. The van der Waals surface area contributed by atoms with Gasteiger partial charge in [0.2, 0.25) is 0 Å². The molecule has 2 nitrogen and oxygen atoms in total. The average Bonchev–Trinajstić information content (AvgIpc) is 2.16. The molecule has 1 aromatic rings. The summed E-state index contributed by atoms with van der Waals surface area (Å²) in [5.74, 6) is 0.0178. The Morgan fingerprint density at radius 1 is 1.19 bits per heavy atom. The van der Waals surface area contributed by atoms with Crippen molar-refractivity contribution in [3.05, 3.63) is 35.4 Å². The van der Waals surface area contributed by atoms with Crippen LogP contribution in [-0.2, 0) is 0 Å². The molecule has 0 saturated carbocycles. The van der Waals surface area contributed by atoms with Crippen molar-refractivity contribution in [2.75, 3.05) is 6.54 Å². The Hall–Kier alpha value is -1.31. The van der Waals surface area contributed by atoms with Crippen LogP contribution in [0.2, 0.25) is 0 Å². The van der Waals surface area contributed by atoms with Crippen LogP contribution in [0.4, 0.5) is 0 Å². The Bertz CT molecular complexity index is 346. The molecule has 1 aromatic carbocycles. The summed E-state index contributed by atoms with van der Waals surface area (Å²) in [7, 11) is 0. The van der Waals surface area contributed by atoms with Crippen molar-refractivity contribution in [1.82, 2.24) is 5.32 Å². The molecular weight excluding hydrogens is 198 g/mol. The molecule has 88 valence electrons. The first kappa shape index (κ1) is 12.8. The number of aryl methyl sites for hydroxylation is 1. The SMILES string of the molecule is Cc1ccc(C(=O)NCCC(C)(C)C)cc1. The van der Waals surface area contributed by atoms with Crippen molar-refractivity contribution in [2.24, 2.45) is 5.41 Å². The zero-order chi connectivity index (χ0) is 12.2. The van der Waals surface area contributed by atoms with E-state index in [0.29, 0.717) is 0 Å². The molecule has 0 unspecified atom stereocenters. The minimum Gasteiger partial charge on any atom is -0.352 e. The number of rotatable bonds is 3. The topological polar surface area (TPSA) is 29.1 Å². The molecule has 0 atom stereocenters. The second kappa shape index (κ2) is 5.15. The van der Waals surface area contributed by atoms with Crippen molar-refractivity contribution < 1.29 is 4.79 Å². The van der Waals surface area contributed by atoms with Crippen molar-refractivity contribution >= 4 is 5.91 Å². The van der Waals surface area contributed by atoms with Gasteiger partial charge in [-0.05, 0) is 30.9 Å². The van der Waals surface area contributed by atoms with Gasteiger partial charge >= 0.3 is 0 Å². The summed E-state index contributed by atoms with van der Waals surface area (Å²) in [6.07, 6.45) is 0.991. The van der Waals surface area contributed by atoms with Crippen LogP contribution in [-0.4, -0.2) is 12.5 Å². The van der Waals surface area contributed by atoms with Gasteiger partial charge in [0.05, 0.1) is 0 Å². The monoisotopic (exact) mass is 219 g/mol. The molecule has 1 amide bonds. The highest BCUT2D eigenvalue weighted by molar-refractivity contribution is 5.94. The molecule has 16 heavy (non-hydrogen) atoms. The Balaban J connectivity index is 2.44. The smallest absolute Gasteiger partial charge is 0.251 e. The number of hydrogen-bond acceptors (Lipinski definition) is 1. The van der Waals surface area contributed by atoms with E-state index in [9.17, 15) is 4.79 Å². The van der Waals surface area contributed by atoms with Crippen molar-refractivity contribution in [2.45, 2.75) is 34.1 Å². The van der Waals surface area contributed by atoms with E-state index in [4.69, 9.17) is 0 Å². The maximum absolute atomic E-state index is 11.7. The average molecular weight is 219 g/mol. The highest BCUT2D eigenvalue weighted by atomic mass is 16.1. The fourth-order valence-corrected chi connectivity index (χ4v) is 1.36. The Morgan fingerprint density at radius 3 is 2.25 bits per heavy atom. The molecule has 0 heterocycles. The predicted molar refractivity (Wildman–Crippen MR) is 67.6 cm³/mol. The van der Waals surface area contributed by atoms with E-state index in [0.717, 1.165) is 18.5 Å². The quantitative estimate of drug-likeness (QED) is 0.831. The molecule has 0 aliphatic rings. The highest BCUT2D eigenvalue weighted by Gasteiger charge is 2.11. The van der Waals surface area contributed by atoms with Crippen molar-refractivity contribution in [3.63, 3.8) is 0 Å². The normalized spacial score (nSPS) is 11.2. The molecule has 0 bridgehead atoms. The van der Waals surface area contributed by atoms with Gasteiger partial charge in [-0.2, -0.15) is 0 Å². The van der Waals surface area contributed by atoms with E-state index in [1.807, 2.05) is 31.2 Å². The highest BCUT2D eigenvalue weighted by Crippen LogP contribution is 2.17. The van der Waals surface area contributed by atoms with Crippen LogP contribution in [0.15, 0.2) is 24.3 Å². The number of amides is 1. The fraction of sp³-hybridized carbons (Fsp3) is 0.500. The number of hydrogen-bond donors (Lipinski definition) is 1. The van der Waals surface area contributed by atoms with Gasteiger partial charge in [0, 0.05) is 12.1 Å². The summed E-state index contributed by atoms with van der Waals surface area (Å²) >= 11 is 0. The molecule has 1 N–H and O–H groups in total. The number of nitrogens with one attached hydrogen (secondary N) is 1. The zero-order valence-corrected chi connectivity index (χ0v) is 10.6. The fourth-order valence-electron chi connectivity index (χ4n) is 1.36. The molecule has 0 aliphatic heterocycles. The van der Waals surface area contributed by atoms with Crippen LogP contribution in [0.3, 0.4) is 0 Å². The van der Waals surface area contributed by atoms with Crippen molar-refractivity contribution in [1.29, 1.82) is 0 Å². The minimum absolute atomic E-state index is 0.0178. The summed E-state index contributed by atoms with van der Waals surface area (Å²) in [4.78, 5) is 11.7. The van der Waals surface area contributed by atoms with Crippen LogP contribution in [0.25, 0.3) is 0 Å². The number of benzene rings is 1.